The number of benzene rings is 8. The van der Waals surface area contributed by atoms with Crippen LogP contribution >= 0.6 is 0 Å². The normalized spacial score (nSPS) is 11.6. The zero-order valence-corrected chi connectivity index (χ0v) is 48.8. The lowest BCUT2D eigenvalue weighted by Crippen LogP contribution is -2.20. The smallest absolute Gasteiger partial charge is 0.0214 e. The summed E-state index contributed by atoms with van der Waals surface area (Å²) in [4.78, 5) is 0. The molecule has 0 atom stereocenters. The van der Waals surface area contributed by atoms with Gasteiger partial charge in [-0.15, -0.1) is 0 Å². The first kappa shape index (κ1) is 64.8. The van der Waals surface area contributed by atoms with Crippen LogP contribution in [-0.2, 0) is 43.9 Å². The highest BCUT2D eigenvalue weighted by Gasteiger charge is 2.44. The zero-order valence-electron chi connectivity index (χ0n) is 48.8. The third kappa shape index (κ3) is 18.6. The summed E-state index contributed by atoms with van der Waals surface area (Å²) in [7, 11) is 0. The molecule has 8 aromatic rings. The second kappa shape index (κ2) is 39.3. The van der Waals surface area contributed by atoms with Crippen molar-refractivity contribution in [3.8, 4) is 11.1 Å². The third-order valence-electron chi connectivity index (χ3n) is 12.5. The lowest BCUT2D eigenvalue weighted by molar-refractivity contribution is 0.507. The van der Waals surface area contributed by atoms with Gasteiger partial charge in [0, 0.05) is 5.41 Å². The van der Waals surface area contributed by atoms with Crippen LogP contribution in [0.25, 0.3) is 11.1 Å². The first-order valence-corrected chi connectivity index (χ1v) is 28.8. The molecule has 0 radical (unpaired) electrons. The van der Waals surface area contributed by atoms with Gasteiger partial charge in [-0.1, -0.05) is 317 Å². The second-order valence-electron chi connectivity index (χ2n) is 15.9. The Balaban J connectivity index is 0.000000447. The van der Waals surface area contributed by atoms with Gasteiger partial charge in [-0.25, -0.2) is 0 Å². The van der Waals surface area contributed by atoms with E-state index in [0.717, 1.165) is 25.7 Å². The van der Waals surface area contributed by atoms with Crippen molar-refractivity contribution in [3.05, 3.63) is 273 Å². The van der Waals surface area contributed by atoms with Gasteiger partial charge in [0.05, 0.1) is 0 Å². The Morgan fingerprint density at radius 3 is 0.795 bits per heavy atom. The summed E-state index contributed by atoms with van der Waals surface area (Å²) < 4.78 is 0. The van der Waals surface area contributed by atoms with E-state index in [0.29, 0.717) is 5.41 Å². The summed E-state index contributed by atoms with van der Waals surface area (Å²) in [5, 5.41) is 0. The first-order chi connectivity index (χ1) is 36.2. The Bertz CT molecular complexity index is 2350. The zero-order chi connectivity index (χ0) is 54.3. The number of hydrogen-bond donors (Lipinski definition) is 0. The average Bonchev–Trinajstić information content (AvgIpc) is 4.21. The van der Waals surface area contributed by atoms with E-state index in [9.17, 15) is 0 Å². The van der Waals surface area contributed by atoms with Crippen LogP contribution < -0.4 is 0 Å². The molecule has 12 rings (SSSR count). The maximum Gasteiger partial charge on any atom is 0.0214 e. The minimum absolute atomic E-state index is 0.354. The molecule has 0 amide bonds. The molecule has 0 saturated heterocycles. The monoisotopic (exact) mass is 975 g/mol. The van der Waals surface area contributed by atoms with Crippen LogP contribution in [0.4, 0.5) is 0 Å². The summed E-state index contributed by atoms with van der Waals surface area (Å²) in [6.07, 6.45) is 9.47. The number of hydrogen-bond acceptors (Lipinski definition) is 0. The first-order valence-electron chi connectivity index (χ1n) is 28.8. The van der Waals surface area contributed by atoms with Crippen LogP contribution in [0.5, 0.6) is 0 Å². The Morgan fingerprint density at radius 2 is 0.479 bits per heavy atom. The van der Waals surface area contributed by atoms with Gasteiger partial charge in [0.2, 0.25) is 0 Å². The second-order valence-corrected chi connectivity index (χ2v) is 15.9. The molecular formula is C73H98. The lowest BCUT2D eigenvalue weighted by atomic mass is 9.77. The lowest BCUT2D eigenvalue weighted by Gasteiger charge is -2.26. The molecule has 1 spiro atoms. The molecule has 4 aliphatic carbocycles. The molecule has 0 N–H and O–H groups in total. The van der Waals surface area contributed by atoms with Crippen molar-refractivity contribution >= 4 is 0 Å². The van der Waals surface area contributed by atoms with Gasteiger partial charge in [-0.2, -0.15) is 0 Å². The maximum absolute atomic E-state index is 2.35. The molecule has 0 unspecified atom stereocenters. The van der Waals surface area contributed by atoms with Gasteiger partial charge < -0.3 is 0 Å². The van der Waals surface area contributed by atoms with E-state index in [1.807, 2.05) is 111 Å². The van der Waals surface area contributed by atoms with E-state index < -0.39 is 0 Å². The SMILES string of the molecule is CC.CC.CC.CC.CC.CC.CC.CC.c1ccc(Cc2ccccc2)cc1.c1ccc2c(c1)CCC21CCc2ccccc21.c1ccc2c(c1)Cc1ccccc1-2.c1ccc2c(c1)Cc1ccccc1C2. The van der Waals surface area contributed by atoms with Crippen molar-refractivity contribution in [1.82, 2.24) is 0 Å². The topological polar surface area (TPSA) is 0 Å². The van der Waals surface area contributed by atoms with Gasteiger partial charge in [0.1, 0.15) is 0 Å². The van der Waals surface area contributed by atoms with Gasteiger partial charge in [0.25, 0.3) is 0 Å². The largest absolute Gasteiger partial charge is 0.0683 e. The Hall–Kier alpha value is -6.24. The molecule has 4 aliphatic rings. The van der Waals surface area contributed by atoms with E-state index >= 15 is 0 Å². The summed E-state index contributed by atoms with van der Waals surface area (Å²) in [6.45, 7) is 32.0. The molecule has 0 nitrogen and oxygen atoms in total. The van der Waals surface area contributed by atoms with E-state index in [1.54, 1.807) is 22.3 Å². The van der Waals surface area contributed by atoms with Crippen molar-refractivity contribution in [1.29, 1.82) is 0 Å². The van der Waals surface area contributed by atoms with Gasteiger partial charge in [-0.05, 0) is 129 Å². The van der Waals surface area contributed by atoms with E-state index in [2.05, 4.69) is 206 Å². The van der Waals surface area contributed by atoms with Crippen LogP contribution in [0, 0.1) is 0 Å². The molecule has 0 heterocycles. The molecule has 0 aliphatic heterocycles. The fraction of sp³-hybridized carbons (Fsp3) is 0.342. The molecule has 0 heteroatoms. The van der Waals surface area contributed by atoms with Crippen LogP contribution in [0.15, 0.2) is 206 Å². The van der Waals surface area contributed by atoms with E-state index in [4.69, 9.17) is 0 Å². The van der Waals surface area contributed by atoms with Gasteiger partial charge in [0.15, 0.2) is 0 Å². The highest BCUT2D eigenvalue weighted by Crippen LogP contribution is 2.52. The fourth-order valence-electron chi connectivity index (χ4n) is 9.64. The van der Waals surface area contributed by atoms with Crippen molar-refractivity contribution in [3.63, 3.8) is 0 Å². The van der Waals surface area contributed by atoms with Crippen LogP contribution in [0.1, 0.15) is 190 Å². The summed E-state index contributed by atoms with van der Waals surface area (Å²) in [6, 6.07) is 74.0. The highest BCUT2D eigenvalue weighted by atomic mass is 14.5. The minimum Gasteiger partial charge on any atom is -0.0683 e. The number of rotatable bonds is 2. The number of aryl methyl sites for hydroxylation is 2. The van der Waals surface area contributed by atoms with Gasteiger partial charge in [-0.3, -0.25) is 0 Å². The maximum atomic E-state index is 2.35. The molecule has 0 bridgehead atoms. The summed E-state index contributed by atoms with van der Waals surface area (Å²) in [5.41, 5.74) is 21.2. The molecule has 0 saturated carbocycles. The van der Waals surface area contributed by atoms with E-state index in [-0.39, 0.29) is 0 Å². The predicted octanol–water partition coefficient (Wildman–Crippen LogP) is 21.8. The third-order valence-corrected chi connectivity index (χ3v) is 12.5. The minimum atomic E-state index is 0.354. The van der Waals surface area contributed by atoms with Crippen molar-refractivity contribution in [2.45, 2.75) is 168 Å². The standard InChI is InChI=1S/C17H16.C14H12.C13H10.C13H12.8C2H6/c1-3-7-15-13(5-1)9-11-17(15)12-10-14-6-2-4-8-16(14)17;1-2-6-12-10-14-8-4-3-7-13(14)9-11(12)5-1;1-3-7-12-10(5-1)9-11-6-2-4-8-13(11)12;1-3-7-12(8-4-1)11-13-9-5-2-6-10-13;8*1-2/h1-8H,9-12H2;1-8H,9-10H2;1-8H,9H2;1-10H,11H2;8*1-2H3. The van der Waals surface area contributed by atoms with E-state index in [1.165, 1.54) is 81.3 Å². The van der Waals surface area contributed by atoms with Crippen molar-refractivity contribution < 1.29 is 0 Å². The van der Waals surface area contributed by atoms with Crippen molar-refractivity contribution in [2.75, 3.05) is 0 Å². The average molecular weight is 976 g/mol. The highest BCUT2D eigenvalue weighted by molar-refractivity contribution is 5.76. The van der Waals surface area contributed by atoms with Crippen LogP contribution in [0.2, 0.25) is 0 Å². The Morgan fingerprint density at radius 1 is 0.247 bits per heavy atom. The molecule has 8 aromatic carbocycles. The number of fused-ring (bicyclic) bond motifs is 9. The van der Waals surface area contributed by atoms with Crippen LogP contribution in [0.3, 0.4) is 0 Å². The predicted molar refractivity (Wildman–Crippen MR) is 330 cm³/mol. The molecular weight excluding hydrogens is 877 g/mol. The molecule has 0 fully saturated rings. The molecule has 0 aromatic heterocycles. The quantitative estimate of drug-likeness (QED) is 0.162. The van der Waals surface area contributed by atoms with Crippen molar-refractivity contribution in [2.24, 2.45) is 0 Å². The Labute approximate surface area is 449 Å². The molecule has 73 heavy (non-hydrogen) atoms. The molecule has 390 valence electrons. The summed E-state index contributed by atoms with van der Waals surface area (Å²) in [5.74, 6) is 0. The summed E-state index contributed by atoms with van der Waals surface area (Å²) >= 11 is 0. The van der Waals surface area contributed by atoms with Crippen LogP contribution in [-0.4, -0.2) is 0 Å². The fourth-order valence-corrected chi connectivity index (χ4v) is 9.64. The van der Waals surface area contributed by atoms with Gasteiger partial charge >= 0.3 is 0 Å². The Kier molecular flexibility index (Phi) is 34.9.